The summed E-state index contributed by atoms with van der Waals surface area (Å²) >= 11 is 0. The summed E-state index contributed by atoms with van der Waals surface area (Å²) in [5.74, 6) is 0.820. The number of nitrogens with zero attached hydrogens (tertiary/aromatic N) is 1. The Kier molecular flexibility index (Phi) is 6.63. The lowest BCUT2D eigenvalue weighted by Gasteiger charge is -2.35. The monoisotopic (exact) mass is 354 g/mol. The maximum Gasteiger partial charge on any atom is 0.251 e. The zero-order valence-corrected chi connectivity index (χ0v) is 15.2. The van der Waals surface area contributed by atoms with E-state index in [0.29, 0.717) is 18.7 Å². The summed E-state index contributed by atoms with van der Waals surface area (Å²) < 4.78 is 11.0. The molecule has 0 aliphatic carbocycles. The Hall–Kier alpha value is -2.37. The molecule has 1 fully saturated rings. The number of morpholine rings is 1. The fourth-order valence-corrected chi connectivity index (χ4v) is 3.18. The van der Waals surface area contributed by atoms with Crippen molar-refractivity contribution in [3.05, 3.63) is 65.7 Å². The van der Waals surface area contributed by atoms with Gasteiger partial charge in [-0.2, -0.15) is 0 Å². The molecule has 1 amide bonds. The van der Waals surface area contributed by atoms with Crippen LogP contribution in [0.3, 0.4) is 0 Å². The highest BCUT2D eigenvalue weighted by molar-refractivity contribution is 5.94. The maximum atomic E-state index is 12.4. The number of hydrogen-bond acceptors (Lipinski definition) is 4. The van der Waals surface area contributed by atoms with Crippen LogP contribution in [-0.4, -0.2) is 50.3 Å². The summed E-state index contributed by atoms with van der Waals surface area (Å²) in [5.41, 5.74) is 1.85. The molecule has 1 unspecified atom stereocenters. The number of carbonyl (C=O) groups is 1. The third-order valence-corrected chi connectivity index (χ3v) is 4.55. The molecule has 0 radical (unpaired) electrons. The molecule has 26 heavy (non-hydrogen) atoms. The Balaban J connectivity index is 1.71. The minimum atomic E-state index is -0.0465. The van der Waals surface area contributed by atoms with E-state index in [9.17, 15) is 4.79 Å². The van der Waals surface area contributed by atoms with Gasteiger partial charge in [-0.05, 0) is 36.8 Å². The molecule has 3 rings (SSSR count). The standard InChI is InChI=1S/C21H26N2O3/c1-2-26-19-10-8-17(9-11-19)20(23-12-14-25-15-13-23)16-22-21(24)18-6-4-3-5-7-18/h3-11,20H,2,12-16H2,1H3,(H,22,24). The Morgan fingerprint density at radius 1 is 1.12 bits per heavy atom. The highest BCUT2D eigenvalue weighted by atomic mass is 16.5. The number of ether oxygens (including phenoxy) is 2. The molecule has 0 bridgehead atoms. The molecule has 2 aromatic rings. The second kappa shape index (κ2) is 9.36. The molecule has 0 saturated carbocycles. The molecular formula is C21H26N2O3. The summed E-state index contributed by atoms with van der Waals surface area (Å²) in [7, 11) is 0. The van der Waals surface area contributed by atoms with Crippen molar-refractivity contribution >= 4 is 5.91 Å². The van der Waals surface area contributed by atoms with Gasteiger partial charge in [-0.1, -0.05) is 30.3 Å². The van der Waals surface area contributed by atoms with Crippen molar-refractivity contribution in [2.75, 3.05) is 39.5 Å². The van der Waals surface area contributed by atoms with E-state index in [1.807, 2.05) is 49.4 Å². The maximum absolute atomic E-state index is 12.4. The minimum absolute atomic E-state index is 0.0465. The predicted molar refractivity (Wildman–Crippen MR) is 102 cm³/mol. The van der Waals surface area contributed by atoms with E-state index in [0.717, 1.165) is 32.1 Å². The second-order valence-electron chi connectivity index (χ2n) is 6.24. The van der Waals surface area contributed by atoms with Gasteiger partial charge in [0.15, 0.2) is 0 Å². The fourth-order valence-electron chi connectivity index (χ4n) is 3.18. The van der Waals surface area contributed by atoms with E-state index in [4.69, 9.17) is 9.47 Å². The molecule has 1 aliphatic heterocycles. The van der Waals surface area contributed by atoms with E-state index in [2.05, 4.69) is 22.3 Å². The SMILES string of the molecule is CCOc1ccc(C(CNC(=O)c2ccccc2)N2CCOCC2)cc1. The second-order valence-corrected chi connectivity index (χ2v) is 6.24. The zero-order chi connectivity index (χ0) is 18.2. The minimum Gasteiger partial charge on any atom is -0.494 e. The topological polar surface area (TPSA) is 50.8 Å². The van der Waals surface area contributed by atoms with Crippen molar-refractivity contribution in [3.63, 3.8) is 0 Å². The lowest BCUT2D eigenvalue weighted by Crippen LogP contribution is -2.43. The van der Waals surface area contributed by atoms with Gasteiger partial charge < -0.3 is 14.8 Å². The van der Waals surface area contributed by atoms with Crippen LogP contribution in [0, 0.1) is 0 Å². The smallest absolute Gasteiger partial charge is 0.251 e. The van der Waals surface area contributed by atoms with Crippen LogP contribution in [0.15, 0.2) is 54.6 Å². The Morgan fingerprint density at radius 2 is 1.81 bits per heavy atom. The van der Waals surface area contributed by atoms with Crippen molar-refractivity contribution < 1.29 is 14.3 Å². The average Bonchev–Trinajstić information content (AvgIpc) is 2.71. The molecule has 2 aromatic carbocycles. The molecule has 1 N–H and O–H groups in total. The Morgan fingerprint density at radius 3 is 2.46 bits per heavy atom. The van der Waals surface area contributed by atoms with Gasteiger partial charge in [-0.3, -0.25) is 9.69 Å². The third kappa shape index (κ3) is 4.84. The van der Waals surface area contributed by atoms with Gasteiger partial charge in [0.1, 0.15) is 5.75 Å². The molecule has 5 nitrogen and oxygen atoms in total. The van der Waals surface area contributed by atoms with Crippen LogP contribution in [0.2, 0.25) is 0 Å². The summed E-state index contributed by atoms with van der Waals surface area (Å²) in [4.78, 5) is 14.8. The van der Waals surface area contributed by atoms with Crippen molar-refractivity contribution in [2.45, 2.75) is 13.0 Å². The van der Waals surface area contributed by atoms with Crippen LogP contribution in [0.25, 0.3) is 0 Å². The van der Waals surface area contributed by atoms with Gasteiger partial charge in [0.05, 0.1) is 25.9 Å². The van der Waals surface area contributed by atoms with Gasteiger partial charge in [0.25, 0.3) is 5.91 Å². The average molecular weight is 354 g/mol. The van der Waals surface area contributed by atoms with Crippen molar-refractivity contribution in [2.24, 2.45) is 0 Å². The number of carbonyl (C=O) groups excluding carboxylic acids is 1. The normalized spacial score (nSPS) is 16.0. The van der Waals surface area contributed by atoms with Crippen LogP contribution < -0.4 is 10.1 Å². The van der Waals surface area contributed by atoms with Gasteiger partial charge in [-0.15, -0.1) is 0 Å². The van der Waals surface area contributed by atoms with Crippen LogP contribution >= 0.6 is 0 Å². The summed E-state index contributed by atoms with van der Waals surface area (Å²) in [5, 5.41) is 3.08. The molecule has 0 spiro atoms. The molecule has 1 saturated heterocycles. The van der Waals surface area contributed by atoms with Gasteiger partial charge in [0, 0.05) is 25.2 Å². The Labute approximate surface area is 154 Å². The third-order valence-electron chi connectivity index (χ3n) is 4.55. The van der Waals surface area contributed by atoms with Gasteiger partial charge in [-0.25, -0.2) is 0 Å². The Bertz CT molecular complexity index is 682. The first-order valence-corrected chi connectivity index (χ1v) is 9.15. The van der Waals surface area contributed by atoms with Crippen LogP contribution in [0.5, 0.6) is 5.75 Å². The van der Waals surface area contributed by atoms with Gasteiger partial charge in [0.2, 0.25) is 0 Å². The highest BCUT2D eigenvalue weighted by Gasteiger charge is 2.23. The zero-order valence-electron chi connectivity index (χ0n) is 15.2. The van der Waals surface area contributed by atoms with E-state index in [1.54, 1.807) is 0 Å². The van der Waals surface area contributed by atoms with Crippen molar-refractivity contribution in [1.29, 1.82) is 0 Å². The molecule has 1 heterocycles. The lowest BCUT2D eigenvalue weighted by molar-refractivity contribution is 0.0162. The predicted octanol–water partition coefficient (Wildman–Crippen LogP) is 2.89. The number of rotatable bonds is 7. The first-order chi connectivity index (χ1) is 12.8. The molecule has 1 aliphatic rings. The van der Waals surface area contributed by atoms with E-state index >= 15 is 0 Å². The fraction of sp³-hybridized carbons (Fsp3) is 0.381. The molecular weight excluding hydrogens is 328 g/mol. The summed E-state index contributed by atoms with van der Waals surface area (Å²) in [6, 6.07) is 17.6. The first-order valence-electron chi connectivity index (χ1n) is 9.15. The van der Waals surface area contributed by atoms with Crippen molar-refractivity contribution in [3.8, 4) is 5.75 Å². The lowest BCUT2D eigenvalue weighted by atomic mass is 10.0. The van der Waals surface area contributed by atoms with Gasteiger partial charge >= 0.3 is 0 Å². The quantitative estimate of drug-likeness (QED) is 0.831. The molecule has 138 valence electrons. The number of nitrogens with one attached hydrogen (secondary N) is 1. The number of amides is 1. The van der Waals surface area contributed by atoms with E-state index in [-0.39, 0.29) is 11.9 Å². The molecule has 0 aromatic heterocycles. The van der Waals surface area contributed by atoms with Crippen LogP contribution in [-0.2, 0) is 4.74 Å². The van der Waals surface area contributed by atoms with Crippen LogP contribution in [0.1, 0.15) is 28.9 Å². The molecule has 1 atom stereocenters. The van der Waals surface area contributed by atoms with E-state index in [1.165, 1.54) is 5.56 Å². The summed E-state index contributed by atoms with van der Waals surface area (Å²) in [6.07, 6.45) is 0. The number of hydrogen-bond donors (Lipinski definition) is 1. The van der Waals surface area contributed by atoms with E-state index < -0.39 is 0 Å². The van der Waals surface area contributed by atoms with Crippen molar-refractivity contribution in [1.82, 2.24) is 10.2 Å². The van der Waals surface area contributed by atoms with Crippen LogP contribution in [0.4, 0.5) is 0 Å². The number of benzene rings is 2. The first kappa shape index (κ1) is 18.4. The highest BCUT2D eigenvalue weighted by Crippen LogP contribution is 2.24. The molecule has 5 heteroatoms. The summed E-state index contributed by atoms with van der Waals surface area (Å²) in [6.45, 7) is 6.35. The largest absolute Gasteiger partial charge is 0.494 e.